The third-order valence-corrected chi connectivity index (χ3v) is 3.59. The van der Waals surface area contributed by atoms with Crippen LogP contribution in [0.15, 0.2) is 43.0 Å². The predicted octanol–water partition coefficient (Wildman–Crippen LogP) is 4.21. The molecule has 1 unspecified atom stereocenters. The van der Waals surface area contributed by atoms with E-state index >= 15 is 0 Å². The second-order valence-corrected chi connectivity index (χ2v) is 4.89. The number of benzene rings is 1. The van der Waals surface area contributed by atoms with Crippen molar-refractivity contribution in [3.05, 3.63) is 48.6 Å². The molecule has 0 aliphatic heterocycles. The molecule has 1 nitrogen and oxygen atoms in total. The maximum atomic E-state index is 3.93. The smallest absolute Gasteiger partial charge is 0.0489 e. The summed E-state index contributed by atoms with van der Waals surface area (Å²) in [7, 11) is 4.35. The first-order chi connectivity index (χ1) is 8.17. The minimum Gasteiger partial charge on any atom is -0.299 e. The highest BCUT2D eigenvalue weighted by atomic mass is 15.1. The first-order valence-electron chi connectivity index (χ1n) is 6.51. The van der Waals surface area contributed by atoms with Gasteiger partial charge >= 0.3 is 0 Å². The van der Waals surface area contributed by atoms with E-state index in [0.717, 1.165) is 6.42 Å². The number of nitrogens with zero attached hydrogens (tertiary/aromatic N) is 1. The molecule has 1 aromatic carbocycles. The largest absolute Gasteiger partial charge is 0.299 e. The quantitative estimate of drug-likeness (QED) is 0.635. The normalized spacial score (nSPS) is 14.6. The molecule has 0 fully saturated rings. The van der Waals surface area contributed by atoms with Gasteiger partial charge in [-0.2, -0.15) is 0 Å². The molecule has 1 heteroatoms. The van der Waals surface area contributed by atoms with Gasteiger partial charge in [-0.1, -0.05) is 56.2 Å². The molecule has 17 heavy (non-hydrogen) atoms. The molecule has 0 aromatic heterocycles. The Morgan fingerprint density at radius 2 is 1.88 bits per heavy atom. The lowest BCUT2D eigenvalue weighted by Crippen LogP contribution is -2.41. The van der Waals surface area contributed by atoms with E-state index in [1.165, 1.54) is 24.8 Å². The van der Waals surface area contributed by atoms with Crippen molar-refractivity contribution < 1.29 is 0 Å². The fourth-order valence-electron chi connectivity index (χ4n) is 2.49. The molecule has 1 aromatic rings. The van der Waals surface area contributed by atoms with Crippen LogP contribution < -0.4 is 0 Å². The molecule has 0 aliphatic carbocycles. The molecule has 0 amide bonds. The Hall–Kier alpha value is -1.08. The van der Waals surface area contributed by atoms with E-state index in [4.69, 9.17) is 0 Å². The zero-order valence-electron chi connectivity index (χ0n) is 11.4. The van der Waals surface area contributed by atoms with Crippen molar-refractivity contribution in [1.82, 2.24) is 4.90 Å². The van der Waals surface area contributed by atoms with E-state index in [1.807, 2.05) is 6.08 Å². The van der Waals surface area contributed by atoms with Crippen molar-refractivity contribution >= 4 is 0 Å². The summed E-state index contributed by atoms with van der Waals surface area (Å²) in [5.74, 6) is 0. The van der Waals surface area contributed by atoms with Crippen LogP contribution >= 0.6 is 0 Å². The van der Waals surface area contributed by atoms with Crippen LogP contribution in [0.3, 0.4) is 0 Å². The summed E-state index contributed by atoms with van der Waals surface area (Å²) >= 11 is 0. The van der Waals surface area contributed by atoms with E-state index in [2.05, 4.69) is 62.8 Å². The molecule has 0 aliphatic rings. The Labute approximate surface area is 106 Å². The van der Waals surface area contributed by atoms with Crippen molar-refractivity contribution in [2.24, 2.45) is 0 Å². The van der Waals surface area contributed by atoms with Crippen LogP contribution in [0, 0.1) is 0 Å². The Kier molecular flexibility index (Phi) is 5.43. The molecule has 0 spiro atoms. The van der Waals surface area contributed by atoms with E-state index in [-0.39, 0.29) is 5.54 Å². The second kappa shape index (κ2) is 6.61. The number of rotatable bonds is 7. The van der Waals surface area contributed by atoms with Gasteiger partial charge in [-0.15, -0.1) is 6.58 Å². The second-order valence-electron chi connectivity index (χ2n) is 4.89. The molecule has 0 saturated carbocycles. The average Bonchev–Trinajstić information content (AvgIpc) is 2.35. The summed E-state index contributed by atoms with van der Waals surface area (Å²) < 4.78 is 0. The van der Waals surface area contributed by atoms with Gasteiger partial charge in [0, 0.05) is 5.54 Å². The van der Waals surface area contributed by atoms with E-state index in [1.54, 1.807) is 0 Å². The van der Waals surface area contributed by atoms with Gasteiger partial charge in [0.05, 0.1) is 0 Å². The number of unbranched alkanes of at least 4 members (excludes halogenated alkanes) is 1. The van der Waals surface area contributed by atoms with Crippen LogP contribution in [0.1, 0.15) is 38.2 Å². The Bertz CT molecular complexity index is 329. The molecule has 1 atom stereocenters. The van der Waals surface area contributed by atoms with Crippen molar-refractivity contribution in [3.63, 3.8) is 0 Å². The lowest BCUT2D eigenvalue weighted by atomic mass is 9.81. The van der Waals surface area contributed by atoms with Gasteiger partial charge in [-0.3, -0.25) is 4.90 Å². The minimum atomic E-state index is 0.110. The van der Waals surface area contributed by atoms with Gasteiger partial charge in [-0.25, -0.2) is 0 Å². The highest BCUT2D eigenvalue weighted by molar-refractivity contribution is 5.25. The molecule has 0 heterocycles. The summed E-state index contributed by atoms with van der Waals surface area (Å²) in [6.45, 7) is 6.18. The summed E-state index contributed by atoms with van der Waals surface area (Å²) in [5, 5.41) is 0. The molecule has 0 radical (unpaired) electrons. The highest BCUT2D eigenvalue weighted by Crippen LogP contribution is 2.35. The lowest BCUT2D eigenvalue weighted by Gasteiger charge is -2.40. The molecule has 94 valence electrons. The highest BCUT2D eigenvalue weighted by Gasteiger charge is 2.32. The fraction of sp³-hybridized carbons (Fsp3) is 0.500. The fourth-order valence-corrected chi connectivity index (χ4v) is 2.49. The summed E-state index contributed by atoms with van der Waals surface area (Å²) in [6.07, 6.45) is 6.72. The molecule has 0 saturated heterocycles. The van der Waals surface area contributed by atoms with Crippen LogP contribution in [0.4, 0.5) is 0 Å². The maximum absolute atomic E-state index is 3.93. The topological polar surface area (TPSA) is 3.24 Å². The van der Waals surface area contributed by atoms with Gasteiger partial charge in [0.1, 0.15) is 0 Å². The molecule has 0 bridgehead atoms. The summed E-state index contributed by atoms with van der Waals surface area (Å²) in [4.78, 5) is 2.35. The van der Waals surface area contributed by atoms with E-state index < -0.39 is 0 Å². The van der Waals surface area contributed by atoms with Crippen LogP contribution in [-0.4, -0.2) is 19.0 Å². The summed E-state index contributed by atoms with van der Waals surface area (Å²) in [5.41, 5.74) is 1.51. The Morgan fingerprint density at radius 3 is 2.35 bits per heavy atom. The van der Waals surface area contributed by atoms with E-state index in [0.29, 0.717) is 0 Å². The SMILES string of the molecule is C=CCC(CCCC)(c1ccccc1)N(C)C. The van der Waals surface area contributed by atoms with Crippen molar-refractivity contribution in [2.75, 3.05) is 14.1 Å². The third-order valence-electron chi connectivity index (χ3n) is 3.59. The van der Waals surface area contributed by atoms with Gasteiger partial charge in [0.2, 0.25) is 0 Å². The average molecular weight is 231 g/mol. The Morgan fingerprint density at radius 1 is 1.24 bits per heavy atom. The predicted molar refractivity (Wildman–Crippen MR) is 76.1 cm³/mol. The zero-order chi connectivity index (χ0) is 12.7. The molecule has 1 rings (SSSR count). The van der Waals surface area contributed by atoms with Crippen LogP contribution in [-0.2, 0) is 5.54 Å². The van der Waals surface area contributed by atoms with Crippen molar-refractivity contribution in [2.45, 2.75) is 38.1 Å². The lowest BCUT2D eigenvalue weighted by molar-refractivity contribution is 0.137. The van der Waals surface area contributed by atoms with Gasteiger partial charge in [0.25, 0.3) is 0 Å². The van der Waals surface area contributed by atoms with Crippen LogP contribution in [0.25, 0.3) is 0 Å². The zero-order valence-corrected chi connectivity index (χ0v) is 11.4. The third kappa shape index (κ3) is 3.19. The first kappa shape index (κ1) is 14.0. The molecular weight excluding hydrogens is 206 g/mol. The monoisotopic (exact) mass is 231 g/mol. The van der Waals surface area contributed by atoms with Crippen LogP contribution in [0.2, 0.25) is 0 Å². The van der Waals surface area contributed by atoms with E-state index in [9.17, 15) is 0 Å². The number of hydrogen-bond donors (Lipinski definition) is 0. The number of hydrogen-bond acceptors (Lipinski definition) is 1. The van der Waals surface area contributed by atoms with Gasteiger partial charge < -0.3 is 0 Å². The van der Waals surface area contributed by atoms with Crippen molar-refractivity contribution in [3.8, 4) is 0 Å². The molecular formula is C16H25N. The Balaban J connectivity index is 3.09. The first-order valence-corrected chi connectivity index (χ1v) is 6.51. The van der Waals surface area contributed by atoms with Crippen molar-refractivity contribution in [1.29, 1.82) is 0 Å². The minimum absolute atomic E-state index is 0.110. The standard InChI is InChI=1S/C16H25N/c1-5-7-14-16(13-6-2,17(3)4)15-11-9-8-10-12-15/h6,8-12H,2,5,7,13-14H2,1,3-4H3. The molecule has 0 N–H and O–H groups in total. The van der Waals surface area contributed by atoms with Gasteiger partial charge in [-0.05, 0) is 32.5 Å². The summed E-state index contributed by atoms with van der Waals surface area (Å²) in [6, 6.07) is 10.8. The van der Waals surface area contributed by atoms with Gasteiger partial charge in [0.15, 0.2) is 0 Å². The van der Waals surface area contributed by atoms with Crippen LogP contribution in [0.5, 0.6) is 0 Å². The maximum Gasteiger partial charge on any atom is 0.0489 e.